The van der Waals surface area contributed by atoms with E-state index in [1.54, 1.807) is 13.1 Å². The summed E-state index contributed by atoms with van der Waals surface area (Å²) in [6, 6.07) is 4.56. The van der Waals surface area contributed by atoms with Crippen LogP contribution in [0, 0.1) is 5.92 Å². The Bertz CT molecular complexity index is 553. The predicted octanol–water partition coefficient (Wildman–Crippen LogP) is 1.70. The summed E-state index contributed by atoms with van der Waals surface area (Å²) >= 11 is 0. The van der Waals surface area contributed by atoms with Crippen molar-refractivity contribution in [1.82, 2.24) is 4.31 Å². The van der Waals surface area contributed by atoms with Crippen molar-refractivity contribution in [2.24, 2.45) is 5.92 Å². The highest BCUT2D eigenvalue weighted by molar-refractivity contribution is 7.89. The van der Waals surface area contributed by atoms with E-state index >= 15 is 0 Å². The number of sulfonamides is 1. The van der Waals surface area contributed by atoms with Gasteiger partial charge in [-0.25, -0.2) is 12.7 Å². The number of nitrogen functional groups attached to an aromatic ring is 1. The summed E-state index contributed by atoms with van der Waals surface area (Å²) in [5.74, 6) is 0.982. The minimum absolute atomic E-state index is 0.215. The monoisotopic (exact) mass is 284 g/mol. The zero-order valence-corrected chi connectivity index (χ0v) is 12.1. The number of nitrogens with two attached hydrogens (primary N) is 1. The van der Waals surface area contributed by atoms with Crippen molar-refractivity contribution in [2.75, 3.05) is 26.4 Å². The lowest BCUT2D eigenvalue weighted by Crippen LogP contribution is -2.34. The van der Waals surface area contributed by atoms with Gasteiger partial charge in [0.1, 0.15) is 5.75 Å². The van der Waals surface area contributed by atoms with Crippen LogP contribution in [0.4, 0.5) is 5.69 Å². The predicted molar refractivity (Wildman–Crippen MR) is 74.6 cm³/mol. The molecular weight excluding hydrogens is 264 g/mol. The largest absolute Gasteiger partial charge is 0.495 e. The number of benzene rings is 1. The summed E-state index contributed by atoms with van der Waals surface area (Å²) in [6.45, 7) is 0.578. The van der Waals surface area contributed by atoms with Gasteiger partial charge in [-0.3, -0.25) is 0 Å². The van der Waals surface area contributed by atoms with Gasteiger partial charge in [-0.2, -0.15) is 0 Å². The maximum Gasteiger partial charge on any atom is 0.242 e. The first-order valence-electron chi connectivity index (χ1n) is 6.35. The molecule has 106 valence electrons. The van der Waals surface area contributed by atoms with Crippen molar-refractivity contribution in [3.8, 4) is 5.75 Å². The van der Waals surface area contributed by atoms with Crippen molar-refractivity contribution in [2.45, 2.75) is 24.2 Å². The number of anilines is 1. The van der Waals surface area contributed by atoms with Crippen molar-refractivity contribution >= 4 is 15.7 Å². The lowest BCUT2D eigenvalue weighted by molar-refractivity contribution is 0.263. The fraction of sp³-hybridized carbons (Fsp3) is 0.538. The second-order valence-electron chi connectivity index (χ2n) is 4.99. The zero-order valence-electron chi connectivity index (χ0n) is 11.3. The highest BCUT2D eigenvalue weighted by atomic mass is 32.2. The van der Waals surface area contributed by atoms with Crippen molar-refractivity contribution in [3.05, 3.63) is 18.2 Å². The molecule has 1 aliphatic rings. The smallest absolute Gasteiger partial charge is 0.242 e. The van der Waals surface area contributed by atoms with Gasteiger partial charge in [-0.05, 0) is 37.0 Å². The van der Waals surface area contributed by atoms with Gasteiger partial charge in [0.05, 0.1) is 17.7 Å². The molecule has 0 saturated heterocycles. The molecule has 0 radical (unpaired) electrons. The van der Waals surface area contributed by atoms with Gasteiger partial charge < -0.3 is 10.5 Å². The van der Waals surface area contributed by atoms with Crippen LogP contribution in [0.15, 0.2) is 23.1 Å². The van der Waals surface area contributed by atoms with Crippen LogP contribution in [0.2, 0.25) is 0 Å². The molecule has 1 aromatic rings. The maximum atomic E-state index is 12.4. The molecule has 1 aromatic carbocycles. The number of nitrogens with zero attached hydrogens (tertiary/aromatic N) is 1. The van der Waals surface area contributed by atoms with E-state index in [9.17, 15) is 8.42 Å². The molecule has 0 atom stereocenters. The minimum atomic E-state index is -3.46. The van der Waals surface area contributed by atoms with Gasteiger partial charge in [0.15, 0.2) is 0 Å². The van der Waals surface area contributed by atoms with E-state index in [1.807, 2.05) is 0 Å². The molecule has 0 bridgehead atoms. The number of methoxy groups -OCH3 is 1. The van der Waals surface area contributed by atoms with Gasteiger partial charge in [-0.15, -0.1) is 0 Å². The van der Waals surface area contributed by atoms with Gasteiger partial charge in [0.25, 0.3) is 0 Å². The number of hydrogen-bond donors (Lipinski definition) is 1. The third-order valence-electron chi connectivity index (χ3n) is 3.65. The molecule has 1 aliphatic carbocycles. The van der Waals surface area contributed by atoms with Crippen molar-refractivity contribution < 1.29 is 13.2 Å². The third-order valence-corrected chi connectivity index (χ3v) is 5.47. The normalized spacial score (nSPS) is 16.4. The molecular formula is C13H20N2O3S. The molecule has 0 heterocycles. The average molecular weight is 284 g/mol. The summed E-state index contributed by atoms with van der Waals surface area (Å²) in [5, 5.41) is 0. The number of hydrogen-bond acceptors (Lipinski definition) is 4. The molecule has 6 heteroatoms. The van der Waals surface area contributed by atoms with E-state index in [0.29, 0.717) is 23.9 Å². The molecule has 2 N–H and O–H groups in total. The molecule has 2 rings (SSSR count). The van der Waals surface area contributed by atoms with Crippen LogP contribution in [0.3, 0.4) is 0 Å². The first-order valence-corrected chi connectivity index (χ1v) is 7.79. The molecule has 5 nitrogen and oxygen atoms in total. The Balaban J connectivity index is 2.20. The Kier molecular flexibility index (Phi) is 4.01. The molecule has 0 amide bonds. The van der Waals surface area contributed by atoms with Crippen LogP contribution >= 0.6 is 0 Å². The lowest BCUT2D eigenvalue weighted by atomic mass is 9.86. The molecule has 0 unspecified atom stereocenters. The molecule has 19 heavy (non-hydrogen) atoms. The molecule has 1 fully saturated rings. The maximum absolute atomic E-state index is 12.4. The summed E-state index contributed by atoms with van der Waals surface area (Å²) in [5.41, 5.74) is 6.09. The first-order chi connectivity index (χ1) is 8.95. The van der Waals surface area contributed by atoms with E-state index in [-0.39, 0.29) is 4.90 Å². The third kappa shape index (κ3) is 2.84. The van der Waals surface area contributed by atoms with Crippen LogP contribution in [-0.2, 0) is 10.0 Å². The fourth-order valence-electron chi connectivity index (χ4n) is 2.19. The summed E-state index contributed by atoms with van der Waals surface area (Å²) in [7, 11) is -0.338. The summed E-state index contributed by atoms with van der Waals surface area (Å²) in [4.78, 5) is 0.215. The van der Waals surface area contributed by atoms with E-state index in [2.05, 4.69) is 0 Å². The zero-order chi connectivity index (χ0) is 14.0. The van der Waals surface area contributed by atoms with Crippen LogP contribution in [0.25, 0.3) is 0 Å². The van der Waals surface area contributed by atoms with E-state index in [4.69, 9.17) is 10.5 Å². The molecule has 0 aromatic heterocycles. The van der Waals surface area contributed by atoms with Crippen molar-refractivity contribution in [1.29, 1.82) is 0 Å². The van der Waals surface area contributed by atoms with Gasteiger partial charge in [-0.1, -0.05) is 6.42 Å². The van der Waals surface area contributed by atoms with E-state index in [1.165, 1.54) is 30.0 Å². The van der Waals surface area contributed by atoms with Crippen LogP contribution in [0.5, 0.6) is 5.75 Å². The standard InChI is InChI=1S/C13H20N2O3S/c1-15(9-10-4-3-5-10)19(16,17)11-6-7-13(18-2)12(14)8-11/h6-8,10H,3-5,9,14H2,1-2H3. The summed E-state index contributed by atoms with van der Waals surface area (Å²) < 4.78 is 31.2. The number of ether oxygens (including phenoxy) is 1. The Morgan fingerprint density at radius 1 is 1.42 bits per heavy atom. The molecule has 1 saturated carbocycles. The minimum Gasteiger partial charge on any atom is -0.495 e. The van der Waals surface area contributed by atoms with Crippen LogP contribution in [-0.4, -0.2) is 33.4 Å². The Morgan fingerprint density at radius 3 is 2.58 bits per heavy atom. The van der Waals surface area contributed by atoms with Crippen LogP contribution in [0.1, 0.15) is 19.3 Å². The summed E-state index contributed by atoms with van der Waals surface area (Å²) in [6.07, 6.45) is 3.43. The highest BCUT2D eigenvalue weighted by Gasteiger charge is 2.27. The lowest BCUT2D eigenvalue weighted by Gasteiger charge is -2.29. The van der Waals surface area contributed by atoms with Crippen molar-refractivity contribution in [3.63, 3.8) is 0 Å². The fourth-order valence-corrected chi connectivity index (χ4v) is 3.47. The van der Waals surface area contributed by atoms with E-state index < -0.39 is 10.0 Å². The van der Waals surface area contributed by atoms with Gasteiger partial charge in [0, 0.05) is 13.6 Å². The average Bonchev–Trinajstić information content (AvgIpc) is 2.33. The molecule has 0 spiro atoms. The Hall–Kier alpha value is -1.27. The second-order valence-corrected chi connectivity index (χ2v) is 7.03. The SMILES string of the molecule is COc1ccc(S(=O)(=O)N(C)CC2CCC2)cc1N. The van der Waals surface area contributed by atoms with Gasteiger partial charge >= 0.3 is 0 Å². The number of rotatable bonds is 5. The quantitative estimate of drug-likeness (QED) is 0.835. The Labute approximate surface area is 114 Å². The van der Waals surface area contributed by atoms with E-state index in [0.717, 1.165) is 12.8 Å². The second kappa shape index (κ2) is 5.38. The first kappa shape index (κ1) is 14.1. The highest BCUT2D eigenvalue weighted by Crippen LogP contribution is 2.30. The van der Waals surface area contributed by atoms with Crippen LogP contribution < -0.4 is 10.5 Å². The topological polar surface area (TPSA) is 72.6 Å². The Morgan fingerprint density at radius 2 is 2.11 bits per heavy atom. The molecule has 0 aliphatic heterocycles. The van der Waals surface area contributed by atoms with Gasteiger partial charge in [0.2, 0.25) is 10.0 Å².